The molecule has 148 valence electrons. The summed E-state index contributed by atoms with van der Waals surface area (Å²) in [6.07, 6.45) is 9.95. The number of allylic oxidation sites excluding steroid dienone is 2. The number of aliphatic imine (C=N–C) groups is 1. The van der Waals surface area contributed by atoms with Gasteiger partial charge >= 0.3 is 11.9 Å². The van der Waals surface area contributed by atoms with Crippen molar-refractivity contribution >= 4 is 17.7 Å². The third-order valence-corrected chi connectivity index (χ3v) is 5.20. The first-order valence-electron chi connectivity index (χ1n) is 9.84. The molecule has 1 heterocycles. The normalized spacial score (nSPS) is 20.6. The van der Waals surface area contributed by atoms with Crippen LogP contribution in [0, 0.1) is 0 Å². The standard InChI is InChI=1S/C22H26N2O4/c25-21(26)15-20(22(27)28)24-13-7-12-18(24)14-19(16-8-3-1-4-9-16)23-17-10-5-2-6-11-17/h1,3-4,8-9,14-15,17H,2,5-7,10-13H2,(H,25,26)(H,27,28)/b18-14?,20-15+,23-19?. The molecule has 1 aromatic rings. The first-order chi connectivity index (χ1) is 13.5. The second-order valence-corrected chi connectivity index (χ2v) is 7.24. The fourth-order valence-electron chi connectivity index (χ4n) is 3.86. The average molecular weight is 382 g/mol. The predicted molar refractivity (Wildman–Crippen MR) is 107 cm³/mol. The highest BCUT2D eigenvalue weighted by Gasteiger charge is 2.26. The largest absolute Gasteiger partial charge is 0.478 e. The van der Waals surface area contributed by atoms with Gasteiger partial charge in [-0.15, -0.1) is 0 Å². The summed E-state index contributed by atoms with van der Waals surface area (Å²) in [5, 5.41) is 18.5. The highest BCUT2D eigenvalue weighted by atomic mass is 16.4. The van der Waals surface area contributed by atoms with Gasteiger partial charge in [0.25, 0.3) is 0 Å². The van der Waals surface area contributed by atoms with E-state index in [0.29, 0.717) is 13.0 Å². The highest BCUT2D eigenvalue weighted by Crippen LogP contribution is 2.27. The quantitative estimate of drug-likeness (QED) is 0.576. The summed E-state index contributed by atoms with van der Waals surface area (Å²) in [6.45, 7) is 0.489. The number of hydrogen-bond acceptors (Lipinski definition) is 4. The number of rotatable bonds is 6. The lowest BCUT2D eigenvalue weighted by Gasteiger charge is -2.22. The van der Waals surface area contributed by atoms with Gasteiger partial charge in [0.1, 0.15) is 5.70 Å². The first-order valence-corrected chi connectivity index (χ1v) is 9.84. The van der Waals surface area contributed by atoms with Gasteiger partial charge in [0.05, 0.1) is 17.8 Å². The zero-order valence-corrected chi connectivity index (χ0v) is 15.9. The fraction of sp³-hybridized carbons (Fsp3) is 0.409. The van der Waals surface area contributed by atoms with Crippen LogP contribution in [-0.4, -0.2) is 45.3 Å². The van der Waals surface area contributed by atoms with Crippen molar-refractivity contribution in [3.8, 4) is 0 Å². The molecule has 0 aromatic heterocycles. The number of nitrogens with zero attached hydrogens (tertiary/aromatic N) is 2. The van der Waals surface area contributed by atoms with Gasteiger partial charge in [-0.25, -0.2) is 9.59 Å². The molecule has 1 aliphatic heterocycles. The number of hydrogen-bond donors (Lipinski definition) is 2. The van der Waals surface area contributed by atoms with E-state index < -0.39 is 11.9 Å². The molecule has 1 saturated carbocycles. The van der Waals surface area contributed by atoms with Crippen LogP contribution in [0.2, 0.25) is 0 Å². The SMILES string of the molecule is O=C(O)/C=C(\C(=O)O)N1CCCC1=CC(=NC1CCCCC1)c1ccccc1. The third kappa shape index (κ3) is 5.09. The van der Waals surface area contributed by atoms with Crippen molar-refractivity contribution < 1.29 is 19.8 Å². The molecule has 0 unspecified atom stereocenters. The average Bonchev–Trinajstić information content (AvgIpc) is 3.14. The van der Waals surface area contributed by atoms with Crippen LogP contribution in [0.1, 0.15) is 50.5 Å². The van der Waals surface area contributed by atoms with Gasteiger partial charge in [-0.2, -0.15) is 0 Å². The summed E-state index contributed by atoms with van der Waals surface area (Å²) in [6, 6.07) is 10.2. The summed E-state index contributed by atoms with van der Waals surface area (Å²) < 4.78 is 0. The number of carbonyl (C=O) groups is 2. The molecule has 1 aromatic carbocycles. The minimum Gasteiger partial charge on any atom is -0.478 e. The molecule has 0 bridgehead atoms. The lowest BCUT2D eigenvalue weighted by atomic mass is 9.95. The van der Waals surface area contributed by atoms with E-state index >= 15 is 0 Å². The number of carboxylic acid groups (broad SMARTS) is 2. The minimum absolute atomic E-state index is 0.207. The molecule has 6 heteroatoms. The Hall–Kier alpha value is -2.89. The van der Waals surface area contributed by atoms with Crippen molar-refractivity contribution in [2.45, 2.75) is 51.0 Å². The van der Waals surface area contributed by atoms with Crippen LogP contribution in [-0.2, 0) is 9.59 Å². The summed E-state index contributed by atoms with van der Waals surface area (Å²) in [4.78, 5) is 29.3. The van der Waals surface area contributed by atoms with Crippen molar-refractivity contribution in [2.75, 3.05) is 6.54 Å². The molecular formula is C22H26N2O4. The van der Waals surface area contributed by atoms with E-state index in [-0.39, 0.29) is 11.7 Å². The van der Waals surface area contributed by atoms with Crippen LogP contribution in [0.3, 0.4) is 0 Å². The Morgan fingerprint density at radius 3 is 2.39 bits per heavy atom. The molecule has 0 atom stereocenters. The predicted octanol–water partition coefficient (Wildman–Crippen LogP) is 3.84. The van der Waals surface area contributed by atoms with Crippen LogP contribution in [0.4, 0.5) is 0 Å². The van der Waals surface area contributed by atoms with Gasteiger partial charge in [0.2, 0.25) is 0 Å². The Kier molecular flexibility index (Phi) is 6.63. The summed E-state index contributed by atoms with van der Waals surface area (Å²) in [5.74, 6) is -2.50. The van der Waals surface area contributed by atoms with E-state index in [2.05, 4.69) is 0 Å². The van der Waals surface area contributed by atoms with Crippen molar-refractivity contribution in [3.05, 3.63) is 59.4 Å². The van der Waals surface area contributed by atoms with Crippen molar-refractivity contribution in [1.82, 2.24) is 4.90 Å². The van der Waals surface area contributed by atoms with E-state index in [1.807, 2.05) is 36.4 Å². The van der Waals surface area contributed by atoms with E-state index in [1.165, 1.54) is 19.3 Å². The van der Waals surface area contributed by atoms with Gasteiger partial charge < -0.3 is 15.1 Å². The van der Waals surface area contributed by atoms with Gasteiger partial charge in [-0.1, -0.05) is 49.6 Å². The minimum atomic E-state index is -1.26. The molecule has 6 nitrogen and oxygen atoms in total. The van der Waals surface area contributed by atoms with Gasteiger partial charge in [-0.05, 0) is 37.3 Å². The first kappa shape index (κ1) is 19.9. The lowest BCUT2D eigenvalue weighted by Crippen LogP contribution is -2.25. The molecular weight excluding hydrogens is 356 g/mol. The van der Waals surface area contributed by atoms with E-state index in [9.17, 15) is 14.7 Å². The Bertz CT molecular complexity index is 805. The zero-order valence-electron chi connectivity index (χ0n) is 15.9. The fourth-order valence-corrected chi connectivity index (χ4v) is 3.86. The molecule has 0 amide bonds. The number of benzene rings is 1. The van der Waals surface area contributed by atoms with Gasteiger partial charge in [-0.3, -0.25) is 4.99 Å². The Labute approximate surface area is 164 Å². The van der Waals surface area contributed by atoms with Crippen molar-refractivity contribution in [2.24, 2.45) is 4.99 Å². The van der Waals surface area contributed by atoms with Crippen LogP contribution in [0.15, 0.2) is 58.9 Å². The van der Waals surface area contributed by atoms with Crippen molar-refractivity contribution in [1.29, 1.82) is 0 Å². The maximum atomic E-state index is 11.6. The summed E-state index contributed by atoms with van der Waals surface area (Å²) >= 11 is 0. The van der Waals surface area contributed by atoms with Crippen LogP contribution in [0.5, 0.6) is 0 Å². The molecule has 2 N–H and O–H groups in total. The molecule has 28 heavy (non-hydrogen) atoms. The van der Waals surface area contributed by atoms with Crippen LogP contribution >= 0.6 is 0 Å². The van der Waals surface area contributed by atoms with Crippen LogP contribution in [0.25, 0.3) is 0 Å². The summed E-state index contributed by atoms with van der Waals surface area (Å²) in [7, 11) is 0. The Morgan fingerprint density at radius 1 is 1.04 bits per heavy atom. The van der Waals surface area contributed by atoms with Crippen molar-refractivity contribution in [3.63, 3.8) is 0 Å². The Balaban J connectivity index is 1.97. The maximum Gasteiger partial charge on any atom is 0.352 e. The molecule has 3 rings (SSSR count). The molecule has 1 saturated heterocycles. The molecule has 0 spiro atoms. The molecule has 2 fully saturated rings. The zero-order chi connectivity index (χ0) is 19.9. The van der Waals surface area contributed by atoms with Crippen LogP contribution < -0.4 is 0 Å². The summed E-state index contributed by atoms with van der Waals surface area (Å²) in [5.41, 5.74) is 2.43. The van der Waals surface area contributed by atoms with E-state index in [1.54, 1.807) is 4.90 Å². The number of likely N-dealkylation sites (tertiary alicyclic amines) is 1. The number of aliphatic carboxylic acids is 2. The number of carboxylic acids is 2. The Morgan fingerprint density at radius 2 is 1.75 bits per heavy atom. The molecule has 2 aliphatic rings. The third-order valence-electron chi connectivity index (χ3n) is 5.20. The topological polar surface area (TPSA) is 90.2 Å². The van der Waals surface area contributed by atoms with E-state index in [0.717, 1.165) is 42.3 Å². The lowest BCUT2D eigenvalue weighted by molar-refractivity contribution is -0.136. The maximum absolute atomic E-state index is 11.6. The van der Waals surface area contributed by atoms with Gasteiger partial charge in [0.15, 0.2) is 0 Å². The molecule has 0 radical (unpaired) electrons. The van der Waals surface area contributed by atoms with E-state index in [4.69, 9.17) is 10.1 Å². The highest BCUT2D eigenvalue weighted by molar-refractivity contribution is 6.09. The monoisotopic (exact) mass is 382 g/mol. The second-order valence-electron chi connectivity index (χ2n) is 7.24. The second kappa shape index (κ2) is 9.35. The smallest absolute Gasteiger partial charge is 0.352 e. The molecule has 1 aliphatic carbocycles. The van der Waals surface area contributed by atoms with Gasteiger partial charge in [0, 0.05) is 12.2 Å².